The zero-order valence-corrected chi connectivity index (χ0v) is 23.0. The molecule has 0 aliphatic rings. The first-order valence-corrected chi connectivity index (χ1v) is 14.9. The van der Waals surface area contributed by atoms with Gasteiger partial charge in [-0.3, -0.25) is 4.89 Å². The van der Waals surface area contributed by atoms with E-state index in [1.165, 1.54) is 77.0 Å². The van der Waals surface area contributed by atoms with Gasteiger partial charge in [0.25, 0.3) is 0 Å². The molecule has 0 aliphatic carbocycles. The van der Waals surface area contributed by atoms with Crippen molar-refractivity contribution < 1.29 is 36.0 Å². The van der Waals surface area contributed by atoms with Crippen LogP contribution in [0.5, 0.6) is 0 Å². The number of rotatable bonds is 27. The summed E-state index contributed by atoms with van der Waals surface area (Å²) in [5, 5.41) is 0. The lowest BCUT2D eigenvalue weighted by atomic mass is 10.0. The van der Waals surface area contributed by atoms with Crippen molar-refractivity contribution in [2.75, 3.05) is 46.2 Å². The number of hydrogen-bond acceptors (Lipinski definition) is 8. The minimum absolute atomic E-state index is 0.0855. The van der Waals surface area contributed by atoms with Gasteiger partial charge in [-0.15, -0.1) is 0 Å². The van der Waals surface area contributed by atoms with Crippen molar-refractivity contribution >= 4 is 10.4 Å². The Bertz CT molecular complexity index is 586. The predicted octanol–water partition coefficient (Wildman–Crippen LogP) is 6.10. The molecule has 0 rings (SSSR count). The van der Waals surface area contributed by atoms with Crippen LogP contribution in [0.4, 0.5) is 0 Å². The summed E-state index contributed by atoms with van der Waals surface area (Å²) >= 11 is 0. The number of hydrogen-bond donors (Lipinski definition) is 0. The summed E-state index contributed by atoms with van der Waals surface area (Å²) in [6.07, 6.45) is 21.1. The van der Waals surface area contributed by atoms with E-state index in [9.17, 15) is 8.42 Å². The highest BCUT2D eigenvalue weighted by Gasteiger charge is 2.13. The summed E-state index contributed by atoms with van der Waals surface area (Å²) < 4.78 is 47.4. The molecule has 0 saturated heterocycles. The number of unbranched alkanes of at least 4 members (excludes halogenated alkanes) is 14. The van der Waals surface area contributed by atoms with Crippen molar-refractivity contribution in [3.8, 4) is 12.0 Å². The largest absolute Gasteiger partial charge is 0.436 e. The molecule has 0 aromatic heterocycles. The zero-order valence-electron chi connectivity index (χ0n) is 22.2. The highest BCUT2D eigenvalue weighted by atomic mass is 32.3. The second kappa shape index (κ2) is 27.7. The van der Waals surface area contributed by atoms with Gasteiger partial charge < -0.3 is 14.2 Å². The Labute approximate surface area is 215 Å². The van der Waals surface area contributed by atoms with Gasteiger partial charge in [-0.05, 0) is 17.7 Å². The van der Waals surface area contributed by atoms with Crippen LogP contribution in [-0.2, 0) is 38.0 Å². The van der Waals surface area contributed by atoms with E-state index in [-0.39, 0.29) is 13.2 Å². The third-order valence-electron chi connectivity index (χ3n) is 5.29. The van der Waals surface area contributed by atoms with Crippen molar-refractivity contribution in [1.82, 2.24) is 0 Å². The van der Waals surface area contributed by atoms with E-state index in [0.717, 1.165) is 12.8 Å². The molecule has 0 saturated carbocycles. The van der Waals surface area contributed by atoms with Crippen LogP contribution < -0.4 is 0 Å². The van der Waals surface area contributed by atoms with Crippen LogP contribution in [0.2, 0.25) is 0 Å². The van der Waals surface area contributed by atoms with Crippen LogP contribution in [0.1, 0.15) is 110 Å². The molecule has 208 valence electrons. The Morgan fingerprint density at radius 2 is 1.03 bits per heavy atom. The summed E-state index contributed by atoms with van der Waals surface area (Å²) in [5.74, 6) is 2.75. The molecule has 0 amide bonds. The quantitative estimate of drug-likeness (QED) is 0.0553. The SMILES string of the molecule is CCCCCCCCCCCCCCCCC#COOS(=O)(=O)OCCOCCOCCOCC. The lowest BCUT2D eigenvalue weighted by Gasteiger charge is -2.06. The lowest BCUT2D eigenvalue weighted by Crippen LogP contribution is -2.15. The molecular weight excluding hydrogens is 472 g/mol. The van der Waals surface area contributed by atoms with Gasteiger partial charge >= 0.3 is 10.4 Å². The van der Waals surface area contributed by atoms with Gasteiger partial charge in [0.05, 0.1) is 39.6 Å². The fourth-order valence-electron chi connectivity index (χ4n) is 3.35. The molecule has 0 bridgehead atoms. The van der Waals surface area contributed by atoms with E-state index in [4.69, 9.17) is 14.2 Å². The first kappa shape index (κ1) is 34.1. The Morgan fingerprint density at radius 3 is 1.54 bits per heavy atom. The third-order valence-corrected chi connectivity index (χ3v) is 5.98. The smallest absolute Gasteiger partial charge is 0.379 e. The molecule has 0 fully saturated rings. The van der Waals surface area contributed by atoms with Crippen molar-refractivity contribution in [1.29, 1.82) is 0 Å². The molecule has 0 atom stereocenters. The van der Waals surface area contributed by atoms with Crippen molar-refractivity contribution in [2.24, 2.45) is 0 Å². The molecule has 35 heavy (non-hydrogen) atoms. The lowest BCUT2D eigenvalue weighted by molar-refractivity contribution is -0.139. The summed E-state index contributed by atoms with van der Waals surface area (Å²) in [6.45, 7) is 6.49. The molecule has 0 aliphatic heterocycles. The van der Waals surface area contributed by atoms with E-state index in [1.807, 2.05) is 6.92 Å². The Kier molecular flexibility index (Phi) is 27.0. The first-order chi connectivity index (χ1) is 17.1. The van der Waals surface area contributed by atoms with Gasteiger partial charge in [0.2, 0.25) is 0 Å². The maximum atomic E-state index is 11.5. The second-order valence-corrected chi connectivity index (χ2v) is 9.62. The minimum Gasteiger partial charge on any atom is -0.379 e. The molecular formula is C26H50O8S. The zero-order chi connectivity index (χ0) is 25.7. The maximum absolute atomic E-state index is 11.5. The van der Waals surface area contributed by atoms with Gasteiger partial charge in [0.1, 0.15) is 0 Å². The predicted molar refractivity (Wildman–Crippen MR) is 138 cm³/mol. The Balaban J connectivity index is 3.38. The molecule has 0 aromatic rings. The second-order valence-electron chi connectivity index (χ2n) is 8.43. The van der Waals surface area contributed by atoms with E-state index in [1.54, 1.807) is 0 Å². The van der Waals surface area contributed by atoms with Crippen LogP contribution in [-0.4, -0.2) is 54.7 Å². The van der Waals surface area contributed by atoms with Crippen molar-refractivity contribution in [3.63, 3.8) is 0 Å². The topological polar surface area (TPSA) is 89.5 Å². The molecule has 0 radical (unpaired) electrons. The summed E-state index contributed by atoms with van der Waals surface area (Å²) in [4.78, 5) is 4.41. The van der Waals surface area contributed by atoms with Crippen LogP contribution in [0.25, 0.3) is 0 Å². The summed E-state index contributed by atoms with van der Waals surface area (Å²) in [7, 11) is -4.26. The average molecular weight is 523 g/mol. The number of ether oxygens (including phenoxy) is 3. The highest BCUT2D eigenvalue weighted by molar-refractivity contribution is 7.81. The molecule has 0 spiro atoms. The van der Waals surface area contributed by atoms with Gasteiger partial charge in [0, 0.05) is 13.0 Å². The van der Waals surface area contributed by atoms with Crippen LogP contribution in [0, 0.1) is 12.0 Å². The first-order valence-electron chi connectivity index (χ1n) is 13.6. The standard InChI is InChI=1S/C26H50O8S/c1-3-5-6-7-8-9-10-11-12-13-14-15-16-17-18-19-20-32-34-35(27,28)33-26-25-31-24-23-30-22-21-29-4-2/h3-18,21-26H2,1-2H3. The molecule has 0 unspecified atom stereocenters. The van der Waals surface area contributed by atoms with Crippen molar-refractivity contribution in [3.05, 3.63) is 0 Å². The normalized spacial score (nSPS) is 11.4. The maximum Gasteiger partial charge on any atom is 0.436 e. The fraction of sp³-hybridized carbons (Fsp3) is 0.923. The van der Waals surface area contributed by atoms with Gasteiger partial charge in [-0.2, -0.15) is 8.42 Å². The van der Waals surface area contributed by atoms with Crippen LogP contribution >= 0.6 is 0 Å². The van der Waals surface area contributed by atoms with E-state index < -0.39 is 10.4 Å². The molecule has 0 aromatic carbocycles. The van der Waals surface area contributed by atoms with Crippen LogP contribution in [0.3, 0.4) is 0 Å². The van der Waals surface area contributed by atoms with Crippen molar-refractivity contribution in [2.45, 2.75) is 110 Å². The van der Waals surface area contributed by atoms with E-state index in [2.05, 4.69) is 32.4 Å². The Hall–Kier alpha value is -0.890. The Morgan fingerprint density at radius 1 is 0.571 bits per heavy atom. The third kappa shape index (κ3) is 29.2. The average Bonchev–Trinajstić information content (AvgIpc) is 2.84. The fourth-order valence-corrected chi connectivity index (χ4v) is 3.77. The van der Waals surface area contributed by atoms with Gasteiger partial charge in [-0.25, -0.2) is 4.18 Å². The monoisotopic (exact) mass is 522 g/mol. The van der Waals surface area contributed by atoms with Gasteiger partial charge in [0.15, 0.2) is 6.11 Å². The van der Waals surface area contributed by atoms with Gasteiger partial charge in [-0.1, -0.05) is 96.3 Å². The molecule has 9 heteroatoms. The molecule has 8 nitrogen and oxygen atoms in total. The molecule has 0 heterocycles. The molecule has 0 N–H and O–H groups in total. The van der Waals surface area contributed by atoms with Crippen LogP contribution in [0.15, 0.2) is 0 Å². The minimum atomic E-state index is -4.26. The van der Waals surface area contributed by atoms with E-state index in [0.29, 0.717) is 39.5 Å². The van der Waals surface area contributed by atoms with E-state index >= 15 is 0 Å². The summed E-state index contributed by atoms with van der Waals surface area (Å²) in [5.41, 5.74) is 0. The summed E-state index contributed by atoms with van der Waals surface area (Å²) in [6, 6.07) is 0. The highest BCUT2D eigenvalue weighted by Crippen LogP contribution is 2.13.